The molecule has 0 unspecified atom stereocenters. The minimum atomic E-state index is -0.239. The highest BCUT2D eigenvalue weighted by molar-refractivity contribution is 9.09. The maximum Gasteiger partial charge on any atom is 0.311 e. The standard InChI is InChI=1S/C15H15FN2O2.C8H11BrO2.C7H5FN2/c1-20-13(19)15-6-14(7-15,8-15)9-18-12-4-2-3-11(16)10(12)5-17-18;1-11-6(10)8-2-7(3-8,4-8)5-9;8-6-2-1-3-7-5(6)4-9-10-7/h2-5H,6-9H2,1H3;2-5H2,1H3;1-4H,(H,9,10). The van der Waals surface area contributed by atoms with Crippen LogP contribution >= 0.6 is 15.9 Å². The third kappa shape index (κ3) is 4.43. The normalized spacial score (nSPS) is 29.8. The maximum atomic E-state index is 13.6. The minimum Gasteiger partial charge on any atom is -0.469 e. The molecule has 41 heavy (non-hydrogen) atoms. The third-order valence-electron chi connectivity index (χ3n) is 9.35. The number of ether oxygens (including phenoxy) is 2. The van der Waals surface area contributed by atoms with Gasteiger partial charge >= 0.3 is 11.9 Å². The summed E-state index contributed by atoms with van der Waals surface area (Å²) in [6.07, 6.45) is 8.76. The zero-order valence-corrected chi connectivity index (χ0v) is 24.5. The first-order chi connectivity index (χ1) is 19.6. The molecular weight excluding hydrogens is 598 g/mol. The van der Waals surface area contributed by atoms with E-state index in [-0.39, 0.29) is 39.8 Å². The summed E-state index contributed by atoms with van der Waals surface area (Å²) in [5, 5.41) is 12.8. The number of methoxy groups -OCH3 is 2. The Morgan fingerprint density at radius 3 is 2.00 bits per heavy atom. The molecule has 6 saturated carbocycles. The predicted molar refractivity (Wildman–Crippen MR) is 151 cm³/mol. The monoisotopic (exact) mass is 628 g/mol. The Kier molecular flexibility index (Phi) is 6.71. The summed E-state index contributed by atoms with van der Waals surface area (Å²) in [5.74, 6) is -0.556. The van der Waals surface area contributed by atoms with Gasteiger partial charge in [-0.1, -0.05) is 28.1 Å². The van der Waals surface area contributed by atoms with Crippen LogP contribution in [0.15, 0.2) is 48.8 Å². The van der Waals surface area contributed by atoms with Crippen LogP contribution in [-0.4, -0.2) is 51.5 Å². The molecule has 4 bridgehead atoms. The Morgan fingerprint density at radius 1 is 0.878 bits per heavy atom. The molecule has 0 amide bonds. The fourth-order valence-corrected chi connectivity index (χ4v) is 8.21. The first-order valence-electron chi connectivity index (χ1n) is 13.5. The number of halogens is 3. The van der Waals surface area contributed by atoms with Crippen LogP contribution in [0.4, 0.5) is 8.78 Å². The molecule has 0 atom stereocenters. The smallest absolute Gasteiger partial charge is 0.311 e. The third-order valence-corrected chi connectivity index (χ3v) is 10.5. The molecule has 1 N–H and O–H groups in total. The van der Waals surface area contributed by atoms with Gasteiger partial charge in [-0.2, -0.15) is 10.2 Å². The lowest BCUT2D eigenvalue weighted by molar-refractivity contribution is -0.230. The van der Waals surface area contributed by atoms with E-state index in [1.807, 2.05) is 10.7 Å². The molecule has 216 valence electrons. The number of H-pyrrole nitrogens is 1. The van der Waals surface area contributed by atoms with Crippen molar-refractivity contribution in [3.63, 3.8) is 0 Å². The largest absolute Gasteiger partial charge is 0.469 e. The first kappa shape index (κ1) is 27.8. The molecule has 6 aliphatic carbocycles. The molecule has 0 radical (unpaired) electrons. The van der Waals surface area contributed by atoms with E-state index in [4.69, 9.17) is 9.47 Å². The highest BCUT2D eigenvalue weighted by Crippen LogP contribution is 2.75. The summed E-state index contributed by atoms with van der Waals surface area (Å²) in [6, 6.07) is 9.88. The van der Waals surface area contributed by atoms with Gasteiger partial charge in [0.25, 0.3) is 0 Å². The van der Waals surface area contributed by atoms with Crippen LogP contribution in [0.1, 0.15) is 38.5 Å². The number of carbonyl (C=O) groups excluding carboxylic acids is 2. The fraction of sp³-hybridized carbons (Fsp3) is 0.467. The SMILES string of the molecule is COC(=O)C12CC(CBr)(C1)C2.COC(=O)C12CC(Cn3ncc4c(F)cccc43)(C1)C2.Fc1cccc2[nH]ncc12. The second kappa shape index (κ2) is 9.89. The summed E-state index contributed by atoms with van der Waals surface area (Å²) >= 11 is 3.46. The molecule has 6 aliphatic rings. The summed E-state index contributed by atoms with van der Waals surface area (Å²) < 4.78 is 37.8. The van der Waals surface area contributed by atoms with Gasteiger partial charge in [0.1, 0.15) is 11.6 Å². The second-order valence-electron chi connectivity index (χ2n) is 12.3. The minimum absolute atomic E-state index is 0.000301. The fourth-order valence-electron chi connectivity index (χ4n) is 7.62. The first-order valence-corrected chi connectivity index (χ1v) is 14.6. The lowest BCUT2D eigenvalue weighted by atomic mass is 9.35. The number of rotatable bonds is 5. The molecule has 0 aliphatic heterocycles. The van der Waals surface area contributed by atoms with Gasteiger partial charge in [-0.05, 0) is 73.6 Å². The zero-order chi connectivity index (χ0) is 29.0. The predicted octanol–water partition coefficient (Wildman–Crippen LogP) is 5.95. The van der Waals surface area contributed by atoms with E-state index >= 15 is 0 Å². The number of hydrogen-bond acceptors (Lipinski definition) is 6. The average molecular weight is 630 g/mol. The molecule has 2 aromatic heterocycles. The van der Waals surface area contributed by atoms with Crippen LogP contribution in [0.2, 0.25) is 0 Å². The number of hydrogen-bond donors (Lipinski definition) is 1. The summed E-state index contributed by atoms with van der Waals surface area (Å²) in [6.45, 7) is 0.749. The Labute approximate surface area is 243 Å². The zero-order valence-electron chi connectivity index (χ0n) is 22.9. The Hall–Kier alpha value is -3.34. The lowest BCUT2D eigenvalue weighted by Crippen LogP contribution is -2.67. The van der Waals surface area contributed by atoms with Crippen molar-refractivity contribution in [1.82, 2.24) is 20.0 Å². The number of carbonyl (C=O) groups is 2. The van der Waals surface area contributed by atoms with E-state index in [2.05, 4.69) is 31.2 Å². The number of fused-ring (bicyclic) bond motifs is 2. The van der Waals surface area contributed by atoms with Crippen molar-refractivity contribution < 1.29 is 27.8 Å². The lowest BCUT2D eigenvalue weighted by Gasteiger charge is -2.68. The molecule has 11 heteroatoms. The van der Waals surface area contributed by atoms with E-state index in [0.29, 0.717) is 16.2 Å². The van der Waals surface area contributed by atoms with Crippen LogP contribution < -0.4 is 0 Å². The van der Waals surface area contributed by atoms with Crippen molar-refractivity contribution in [1.29, 1.82) is 0 Å². The highest BCUT2D eigenvalue weighted by Gasteiger charge is 2.72. The molecule has 6 fully saturated rings. The van der Waals surface area contributed by atoms with E-state index in [0.717, 1.165) is 61.4 Å². The van der Waals surface area contributed by atoms with Crippen molar-refractivity contribution in [2.45, 2.75) is 45.1 Å². The maximum absolute atomic E-state index is 13.6. The topological polar surface area (TPSA) is 99.1 Å². The number of aromatic nitrogens is 4. The summed E-state index contributed by atoms with van der Waals surface area (Å²) in [4.78, 5) is 22.8. The van der Waals surface area contributed by atoms with E-state index in [1.54, 1.807) is 24.4 Å². The number of aromatic amines is 1. The number of esters is 2. The van der Waals surface area contributed by atoms with Crippen molar-refractivity contribution in [3.8, 4) is 0 Å². The summed E-state index contributed by atoms with van der Waals surface area (Å²) in [5.41, 5.74) is 1.89. The van der Waals surface area contributed by atoms with E-state index < -0.39 is 0 Å². The van der Waals surface area contributed by atoms with E-state index in [9.17, 15) is 18.4 Å². The molecule has 0 saturated heterocycles. The van der Waals surface area contributed by atoms with Crippen molar-refractivity contribution >= 4 is 49.7 Å². The van der Waals surface area contributed by atoms with Crippen LogP contribution in [0.3, 0.4) is 0 Å². The Morgan fingerprint density at radius 2 is 1.44 bits per heavy atom. The van der Waals surface area contributed by atoms with Crippen LogP contribution in [0, 0.1) is 33.3 Å². The Bertz CT molecular complexity index is 1610. The van der Waals surface area contributed by atoms with Gasteiger partial charge < -0.3 is 9.47 Å². The molecule has 2 aromatic carbocycles. The van der Waals surface area contributed by atoms with Gasteiger partial charge in [-0.3, -0.25) is 19.4 Å². The van der Waals surface area contributed by atoms with Crippen LogP contribution in [0.5, 0.6) is 0 Å². The van der Waals surface area contributed by atoms with Crippen molar-refractivity contribution in [2.24, 2.45) is 21.7 Å². The van der Waals surface area contributed by atoms with Gasteiger partial charge in [0.15, 0.2) is 0 Å². The molecular formula is C30H31BrF2N4O4. The summed E-state index contributed by atoms with van der Waals surface area (Å²) in [7, 11) is 2.92. The van der Waals surface area contributed by atoms with Crippen molar-refractivity contribution in [3.05, 3.63) is 60.4 Å². The average Bonchev–Trinajstić information content (AvgIpc) is 3.53. The van der Waals surface area contributed by atoms with Crippen LogP contribution in [-0.2, 0) is 25.6 Å². The number of nitrogens with one attached hydrogen (secondary N) is 1. The second-order valence-corrected chi connectivity index (χ2v) is 12.8. The van der Waals surface area contributed by atoms with Gasteiger partial charge in [0.05, 0.1) is 59.2 Å². The quantitative estimate of drug-likeness (QED) is 0.217. The Balaban J connectivity index is 0.000000122. The molecule has 0 spiro atoms. The van der Waals surface area contributed by atoms with Gasteiger partial charge in [-0.25, -0.2) is 8.78 Å². The molecule has 4 aromatic rings. The van der Waals surface area contributed by atoms with Crippen molar-refractivity contribution in [2.75, 3.05) is 19.5 Å². The van der Waals surface area contributed by atoms with Gasteiger partial charge in [0.2, 0.25) is 0 Å². The highest BCUT2D eigenvalue weighted by atomic mass is 79.9. The molecule has 10 rings (SSSR count). The van der Waals surface area contributed by atoms with Gasteiger partial charge in [-0.15, -0.1) is 0 Å². The molecule has 8 nitrogen and oxygen atoms in total. The number of alkyl halides is 1. The number of nitrogens with zero attached hydrogens (tertiary/aromatic N) is 3. The number of benzene rings is 2. The van der Waals surface area contributed by atoms with Crippen LogP contribution in [0.25, 0.3) is 21.8 Å². The van der Waals surface area contributed by atoms with Gasteiger partial charge in [0, 0.05) is 11.9 Å². The van der Waals surface area contributed by atoms with E-state index in [1.165, 1.54) is 32.5 Å². The molecule has 2 heterocycles.